The van der Waals surface area contributed by atoms with Gasteiger partial charge in [0.2, 0.25) is 0 Å². The number of nitrogens with zero attached hydrogens (tertiary/aromatic N) is 6. The van der Waals surface area contributed by atoms with Gasteiger partial charge in [0.25, 0.3) is 0 Å². The lowest BCUT2D eigenvalue weighted by Gasteiger charge is -1.98. The Bertz CT molecular complexity index is 487. The molecule has 0 fully saturated rings. The second-order valence-electron chi connectivity index (χ2n) is 2.91. The van der Waals surface area contributed by atoms with Gasteiger partial charge in [-0.05, 0) is 12.5 Å². The molecule has 0 radical (unpaired) electrons. The number of imidazole rings is 1. The molecular formula is C8H10N6. The molecule has 0 aromatic carbocycles. The summed E-state index contributed by atoms with van der Waals surface area (Å²) in [5.41, 5.74) is 10.2. The lowest BCUT2D eigenvalue weighted by atomic mass is 10.3. The van der Waals surface area contributed by atoms with E-state index in [1.807, 2.05) is 12.4 Å². The number of hydrogen-bond acceptors (Lipinski definition) is 2. The van der Waals surface area contributed by atoms with E-state index in [4.69, 9.17) is 5.53 Å². The van der Waals surface area contributed by atoms with Crippen LogP contribution in [0.4, 0.5) is 0 Å². The van der Waals surface area contributed by atoms with Gasteiger partial charge < -0.3 is 4.57 Å². The fourth-order valence-electron chi connectivity index (χ4n) is 1.51. The molecule has 2 aromatic rings. The zero-order valence-corrected chi connectivity index (χ0v) is 7.83. The monoisotopic (exact) mass is 190 g/mol. The fourth-order valence-corrected chi connectivity index (χ4v) is 1.51. The van der Waals surface area contributed by atoms with E-state index >= 15 is 0 Å². The molecule has 2 rings (SSSR count). The molecule has 72 valence electrons. The second kappa shape index (κ2) is 3.43. The topological polar surface area (TPSA) is 71.0 Å². The molecule has 6 nitrogen and oxygen atoms in total. The highest BCUT2D eigenvalue weighted by molar-refractivity contribution is 5.47. The molecule has 6 heteroatoms. The Morgan fingerprint density at radius 3 is 3.14 bits per heavy atom. The Hall–Kier alpha value is -1.94. The maximum absolute atomic E-state index is 8.24. The third-order valence-electron chi connectivity index (χ3n) is 2.15. The minimum absolute atomic E-state index is 0.351. The third kappa shape index (κ3) is 1.22. The summed E-state index contributed by atoms with van der Waals surface area (Å²) in [6.45, 7) is 3.29. The minimum Gasteiger partial charge on any atom is -0.331 e. The fraction of sp³-hybridized carbons (Fsp3) is 0.375. The SMILES string of the molecule is CCn1ccn2ncc(CN=[N+]=[N-])c12. The van der Waals surface area contributed by atoms with Crippen LogP contribution in [0.3, 0.4) is 0 Å². The van der Waals surface area contributed by atoms with Crippen LogP contribution in [-0.2, 0) is 13.1 Å². The molecule has 0 saturated carbocycles. The Kier molecular flexibility index (Phi) is 2.12. The normalized spacial score (nSPS) is 10.4. The van der Waals surface area contributed by atoms with Gasteiger partial charge in [-0.3, -0.25) is 0 Å². The first-order valence-electron chi connectivity index (χ1n) is 4.39. The molecule has 0 unspecified atom stereocenters. The average Bonchev–Trinajstić information content (AvgIpc) is 2.75. The van der Waals surface area contributed by atoms with Crippen molar-refractivity contribution >= 4 is 5.65 Å². The van der Waals surface area contributed by atoms with Gasteiger partial charge in [-0.15, -0.1) is 0 Å². The van der Waals surface area contributed by atoms with Crippen LogP contribution in [0.1, 0.15) is 12.5 Å². The van der Waals surface area contributed by atoms with Crippen LogP contribution in [0.25, 0.3) is 16.1 Å². The van der Waals surface area contributed by atoms with Gasteiger partial charge in [-0.1, -0.05) is 5.11 Å². The molecule has 0 spiro atoms. The molecule has 14 heavy (non-hydrogen) atoms. The molecule has 0 saturated heterocycles. The van der Waals surface area contributed by atoms with E-state index in [2.05, 4.69) is 26.6 Å². The highest BCUT2D eigenvalue weighted by Gasteiger charge is 2.06. The minimum atomic E-state index is 0.351. The molecule has 0 amide bonds. The van der Waals surface area contributed by atoms with Crippen molar-refractivity contribution in [1.29, 1.82) is 0 Å². The summed E-state index contributed by atoms with van der Waals surface area (Å²) < 4.78 is 3.85. The lowest BCUT2D eigenvalue weighted by Crippen LogP contribution is -1.94. The van der Waals surface area contributed by atoms with Gasteiger partial charge in [0.15, 0.2) is 0 Å². The van der Waals surface area contributed by atoms with Gasteiger partial charge in [-0.25, -0.2) is 4.52 Å². The molecule has 2 heterocycles. The van der Waals surface area contributed by atoms with E-state index in [1.54, 1.807) is 10.7 Å². The zero-order chi connectivity index (χ0) is 9.97. The van der Waals surface area contributed by atoms with Gasteiger partial charge in [-0.2, -0.15) is 5.10 Å². The van der Waals surface area contributed by atoms with E-state index in [-0.39, 0.29) is 0 Å². The highest BCUT2D eigenvalue weighted by Crippen LogP contribution is 2.12. The van der Waals surface area contributed by atoms with E-state index in [1.165, 1.54) is 0 Å². The first-order chi connectivity index (χ1) is 6.86. The summed E-state index contributed by atoms with van der Waals surface area (Å²) in [5, 5.41) is 7.69. The quantitative estimate of drug-likeness (QED) is 0.414. The molecule has 0 N–H and O–H groups in total. The predicted octanol–water partition coefficient (Wildman–Crippen LogP) is 1.97. The Balaban J connectivity index is 2.52. The standard InChI is InChI=1S/C8H10N6/c1-2-13-3-4-14-8(13)7(6-11-14)5-10-12-9/h3-4,6H,2,5H2,1H3. The smallest absolute Gasteiger partial charge is 0.139 e. The molecule has 0 atom stereocenters. The molecule has 2 aromatic heterocycles. The van der Waals surface area contributed by atoms with E-state index in [9.17, 15) is 0 Å². The summed E-state index contributed by atoms with van der Waals surface area (Å²) in [6, 6.07) is 0. The summed E-state index contributed by atoms with van der Waals surface area (Å²) in [6.07, 6.45) is 5.58. The van der Waals surface area contributed by atoms with Crippen molar-refractivity contribution in [2.75, 3.05) is 0 Å². The predicted molar refractivity (Wildman–Crippen MR) is 51.7 cm³/mol. The molecule has 0 aliphatic rings. The van der Waals surface area contributed by atoms with E-state index in [0.717, 1.165) is 17.8 Å². The average molecular weight is 190 g/mol. The van der Waals surface area contributed by atoms with E-state index < -0.39 is 0 Å². The van der Waals surface area contributed by atoms with E-state index in [0.29, 0.717) is 6.54 Å². The van der Waals surface area contributed by atoms with Crippen LogP contribution in [-0.4, -0.2) is 14.2 Å². The third-order valence-corrected chi connectivity index (χ3v) is 2.15. The van der Waals surface area contributed by atoms with Gasteiger partial charge in [0.1, 0.15) is 5.65 Å². The number of hydrogen-bond donors (Lipinski definition) is 0. The number of rotatable bonds is 3. The zero-order valence-electron chi connectivity index (χ0n) is 7.83. The highest BCUT2D eigenvalue weighted by atomic mass is 15.3. The first-order valence-corrected chi connectivity index (χ1v) is 4.39. The molecule has 0 aliphatic carbocycles. The van der Waals surface area contributed by atoms with Crippen molar-refractivity contribution < 1.29 is 0 Å². The molecule has 0 bridgehead atoms. The van der Waals surface area contributed by atoms with Crippen molar-refractivity contribution in [2.24, 2.45) is 5.11 Å². The molecule has 0 aliphatic heterocycles. The van der Waals surface area contributed by atoms with Crippen molar-refractivity contribution in [3.05, 3.63) is 34.6 Å². The van der Waals surface area contributed by atoms with Crippen LogP contribution in [0, 0.1) is 0 Å². The van der Waals surface area contributed by atoms with Crippen LogP contribution in [0.2, 0.25) is 0 Å². The number of azide groups is 1. The molecular weight excluding hydrogens is 180 g/mol. The lowest BCUT2D eigenvalue weighted by molar-refractivity contribution is 0.784. The number of aryl methyl sites for hydroxylation is 1. The van der Waals surface area contributed by atoms with Crippen molar-refractivity contribution in [2.45, 2.75) is 20.0 Å². The Morgan fingerprint density at radius 1 is 1.57 bits per heavy atom. The maximum Gasteiger partial charge on any atom is 0.139 e. The van der Waals surface area contributed by atoms with Crippen molar-refractivity contribution in [3.63, 3.8) is 0 Å². The second-order valence-corrected chi connectivity index (χ2v) is 2.91. The van der Waals surface area contributed by atoms with Crippen LogP contribution < -0.4 is 0 Å². The Morgan fingerprint density at radius 2 is 2.43 bits per heavy atom. The van der Waals surface area contributed by atoms with Gasteiger partial charge in [0, 0.05) is 29.4 Å². The van der Waals surface area contributed by atoms with Crippen LogP contribution in [0.5, 0.6) is 0 Å². The van der Waals surface area contributed by atoms with Gasteiger partial charge >= 0.3 is 0 Å². The van der Waals surface area contributed by atoms with Crippen molar-refractivity contribution in [3.8, 4) is 0 Å². The summed E-state index contributed by atoms with van der Waals surface area (Å²) in [7, 11) is 0. The maximum atomic E-state index is 8.24. The summed E-state index contributed by atoms with van der Waals surface area (Å²) in [5.74, 6) is 0. The number of fused-ring (bicyclic) bond motifs is 1. The number of aromatic nitrogens is 3. The van der Waals surface area contributed by atoms with Crippen LogP contribution in [0.15, 0.2) is 23.7 Å². The Labute approximate surface area is 80.4 Å². The van der Waals surface area contributed by atoms with Gasteiger partial charge in [0.05, 0.1) is 12.7 Å². The largest absolute Gasteiger partial charge is 0.331 e. The first kappa shape index (κ1) is 8.65. The van der Waals surface area contributed by atoms with Crippen molar-refractivity contribution in [1.82, 2.24) is 14.2 Å². The summed E-state index contributed by atoms with van der Waals surface area (Å²) in [4.78, 5) is 2.74. The summed E-state index contributed by atoms with van der Waals surface area (Å²) >= 11 is 0. The van der Waals surface area contributed by atoms with Crippen LogP contribution >= 0.6 is 0 Å².